The number of aliphatic hydroxyl groups excluding tert-OH is 1. The summed E-state index contributed by atoms with van der Waals surface area (Å²) in [5.41, 5.74) is 1.04. The molecule has 19 heavy (non-hydrogen) atoms. The Morgan fingerprint density at radius 2 is 2.00 bits per heavy atom. The van der Waals surface area contributed by atoms with Crippen LogP contribution in [0.5, 0.6) is 0 Å². The third-order valence-electron chi connectivity index (χ3n) is 3.47. The molecule has 1 rings (SSSR count). The highest BCUT2D eigenvalue weighted by molar-refractivity contribution is 6.30. The van der Waals surface area contributed by atoms with E-state index in [1.54, 1.807) is 18.2 Å². The summed E-state index contributed by atoms with van der Waals surface area (Å²) < 4.78 is 0. The van der Waals surface area contributed by atoms with Gasteiger partial charge in [0.05, 0.1) is 12.1 Å². The molecule has 0 saturated heterocycles. The molecule has 0 spiro atoms. The van der Waals surface area contributed by atoms with Crippen LogP contribution in [0.15, 0.2) is 18.2 Å². The number of nitrogens with one attached hydrogen (secondary N) is 2. The number of anilines is 1. The third kappa shape index (κ3) is 4.11. The van der Waals surface area contributed by atoms with Gasteiger partial charge in [0.2, 0.25) is 0 Å². The van der Waals surface area contributed by atoms with E-state index in [9.17, 15) is 9.90 Å². The minimum Gasteiger partial charge on any atom is -0.394 e. The van der Waals surface area contributed by atoms with Crippen LogP contribution in [-0.2, 0) is 0 Å². The van der Waals surface area contributed by atoms with Crippen molar-refractivity contribution in [3.05, 3.63) is 28.8 Å². The van der Waals surface area contributed by atoms with Crippen LogP contribution in [0.4, 0.5) is 10.5 Å². The lowest BCUT2D eigenvalue weighted by Crippen LogP contribution is -2.52. The van der Waals surface area contributed by atoms with Crippen molar-refractivity contribution in [1.29, 1.82) is 0 Å². The number of hydrogen-bond donors (Lipinski definition) is 3. The van der Waals surface area contributed by atoms with Gasteiger partial charge in [-0.3, -0.25) is 0 Å². The predicted molar refractivity (Wildman–Crippen MR) is 78.7 cm³/mol. The number of rotatable bonds is 5. The van der Waals surface area contributed by atoms with Crippen molar-refractivity contribution in [3.8, 4) is 0 Å². The van der Waals surface area contributed by atoms with Gasteiger partial charge in [-0.25, -0.2) is 4.79 Å². The zero-order valence-corrected chi connectivity index (χ0v) is 12.3. The Labute approximate surface area is 119 Å². The molecule has 106 valence electrons. The van der Waals surface area contributed by atoms with Gasteiger partial charge in [-0.2, -0.15) is 0 Å². The maximum Gasteiger partial charge on any atom is 0.319 e. The molecule has 0 aliphatic rings. The highest BCUT2D eigenvalue weighted by Gasteiger charge is 2.27. The van der Waals surface area contributed by atoms with E-state index in [1.165, 1.54) is 0 Å². The normalized spacial score (nSPS) is 11.2. The van der Waals surface area contributed by atoms with Crippen LogP contribution in [0.25, 0.3) is 0 Å². The number of carbonyl (C=O) groups excluding carboxylic acids is 1. The zero-order valence-electron chi connectivity index (χ0n) is 11.6. The summed E-state index contributed by atoms with van der Waals surface area (Å²) in [4.78, 5) is 12.0. The monoisotopic (exact) mass is 284 g/mol. The first kappa shape index (κ1) is 15.8. The van der Waals surface area contributed by atoms with Crippen LogP contribution in [0, 0.1) is 6.92 Å². The Bertz CT molecular complexity index is 437. The average molecular weight is 285 g/mol. The molecule has 0 unspecified atom stereocenters. The molecule has 0 atom stereocenters. The second kappa shape index (κ2) is 6.78. The second-order valence-electron chi connectivity index (χ2n) is 4.68. The number of urea groups is 1. The first-order valence-corrected chi connectivity index (χ1v) is 6.80. The van der Waals surface area contributed by atoms with Crippen molar-refractivity contribution in [2.24, 2.45) is 0 Å². The van der Waals surface area contributed by atoms with Gasteiger partial charge in [0.15, 0.2) is 0 Å². The quantitative estimate of drug-likeness (QED) is 0.777. The molecule has 0 bridgehead atoms. The SMILES string of the molecule is CCC(CC)(CO)NC(=O)Nc1ccc(Cl)cc1C. The lowest BCUT2D eigenvalue weighted by atomic mass is 9.94. The summed E-state index contributed by atoms with van der Waals surface area (Å²) in [5.74, 6) is 0. The van der Waals surface area contributed by atoms with E-state index in [1.807, 2.05) is 20.8 Å². The minimum atomic E-state index is -0.565. The van der Waals surface area contributed by atoms with E-state index in [0.717, 1.165) is 5.56 Å². The zero-order chi connectivity index (χ0) is 14.5. The summed E-state index contributed by atoms with van der Waals surface area (Å²) >= 11 is 5.87. The Hall–Kier alpha value is -1.26. The molecule has 5 heteroatoms. The molecule has 4 nitrogen and oxygen atoms in total. The van der Waals surface area contributed by atoms with Crippen LogP contribution >= 0.6 is 11.6 Å². The largest absolute Gasteiger partial charge is 0.394 e. The molecule has 2 amide bonds. The summed E-state index contributed by atoms with van der Waals surface area (Å²) in [6.07, 6.45) is 1.35. The van der Waals surface area contributed by atoms with Crippen molar-refractivity contribution < 1.29 is 9.90 Å². The third-order valence-corrected chi connectivity index (χ3v) is 3.71. The van der Waals surface area contributed by atoms with Crippen molar-refractivity contribution in [1.82, 2.24) is 5.32 Å². The maximum absolute atomic E-state index is 12.0. The van der Waals surface area contributed by atoms with Crippen molar-refractivity contribution >= 4 is 23.3 Å². The van der Waals surface area contributed by atoms with Crippen molar-refractivity contribution in [3.63, 3.8) is 0 Å². The van der Waals surface area contributed by atoms with E-state index in [4.69, 9.17) is 11.6 Å². The fourth-order valence-electron chi connectivity index (χ4n) is 1.85. The number of carbonyl (C=O) groups is 1. The van der Waals surface area contributed by atoms with Crippen LogP contribution in [0.2, 0.25) is 5.02 Å². The first-order valence-electron chi connectivity index (χ1n) is 6.42. The Morgan fingerprint density at radius 1 is 1.37 bits per heavy atom. The molecule has 0 aliphatic carbocycles. The summed E-state index contributed by atoms with van der Waals surface area (Å²) in [7, 11) is 0. The highest BCUT2D eigenvalue weighted by atomic mass is 35.5. The Morgan fingerprint density at radius 3 is 2.47 bits per heavy atom. The number of halogens is 1. The van der Waals surface area contributed by atoms with E-state index in [2.05, 4.69) is 10.6 Å². The standard InChI is InChI=1S/C14H21ClN2O2/c1-4-14(5-2,9-18)17-13(19)16-12-7-6-11(15)8-10(12)3/h6-8,18H,4-5,9H2,1-3H3,(H2,16,17,19). The maximum atomic E-state index is 12.0. The molecule has 0 heterocycles. The molecule has 3 N–H and O–H groups in total. The predicted octanol–water partition coefficient (Wildman–Crippen LogP) is 3.32. The number of aryl methyl sites for hydroxylation is 1. The van der Waals surface area contributed by atoms with Crippen molar-refractivity contribution in [2.45, 2.75) is 39.2 Å². The van der Waals surface area contributed by atoms with Crippen LogP contribution in [0.1, 0.15) is 32.3 Å². The van der Waals surface area contributed by atoms with Gasteiger partial charge in [0, 0.05) is 10.7 Å². The van der Waals surface area contributed by atoms with E-state index < -0.39 is 5.54 Å². The minimum absolute atomic E-state index is 0.0764. The first-order chi connectivity index (χ1) is 8.96. The molecular formula is C14H21ClN2O2. The van der Waals surface area contributed by atoms with Gasteiger partial charge in [-0.1, -0.05) is 25.4 Å². The molecule has 1 aromatic carbocycles. The average Bonchev–Trinajstić information content (AvgIpc) is 2.39. The lowest BCUT2D eigenvalue weighted by molar-refractivity contribution is 0.155. The van der Waals surface area contributed by atoms with Gasteiger partial charge in [0.25, 0.3) is 0 Å². The van der Waals surface area contributed by atoms with Crippen LogP contribution in [0.3, 0.4) is 0 Å². The summed E-state index contributed by atoms with van der Waals surface area (Å²) in [5, 5.41) is 15.7. The highest BCUT2D eigenvalue weighted by Crippen LogP contribution is 2.20. The van der Waals surface area contributed by atoms with Gasteiger partial charge in [-0.05, 0) is 43.5 Å². The number of hydrogen-bond acceptors (Lipinski definition) is 2. The van der Waals surface area contributed by atoms with Gasteiger partial charge < -0.3 is 15.7 Å². The molecule has 0 saturated carbocycles. The van der Waals surface area contributed by atoms with E-state index in [0.29, 0.717) is 23.6 Å². The van der Waals surface area contributed by atoms with Gasteiger partial charge >= 0.3 is 6.03 Å². The molecule has 0 radical (unpaired) electrons. The fraction of sp³-hybridized carbons (Fsp3) is 0.500. The van der Waals surface area contributed by atoms with Gasteiger partial charge in [-0.15, -0.1) is 0 Å². The molecule has 1 aromatic rings. The Kier molecular flexibility index (Phi) is 5.63. The topological polar surface area (TPSA) is 61.4 Å². The second-order valence-corrected chi connectivity index (χ2v) is 5.12. The van der Waals surface area contributed by atoms with E-state index in [-0.39, 0.29) is 12.6 Å². The lowest BCUT2D eigenvalue weighted by Gasteiger charge is -2.30. The van der Waals surface area contributed by atoms with Gasteiger partial charge in [0.1, 0.15) is 0 Å². The fourth-order valence-corrected chi connectivity index (χ4v) is 2.08. The van der Waals surface area contributed by atoms with Crippen LogP contribution in [-0.4, -0.2) is 23.3 Å². The Balaban J connectivity index is 2.74. The van der Waals surface area contributed by atoms with Crippen LogP contribution < -0.4 is 10.6 Å². The smallest absolute Gasteiger partial charge is 0.319 e. The number of aliphatic hydroxyl groups is 1. The number of amides is 2. The summed E-state index contributed by atoms with van der Waals surface area (Å²) in [6.45, 7) is 5.68. The molecule has 0 aromatic heterocycles. The van der Waals surface area contributed by atoms with Crippen molar-refractivity contribution in [2.75, 3.05) is 11.9 Å². The molecular weight excluding hydrogens is 264 g/mol. The van der Waals surface area contributed by atoms with E-state index >= 15 is 0 Å². The molecule has 0 aliphatic heterocycles. The summed E-state index contributed by atoms with van der Waals surface area (Å²) in [6, 6.07) is 4.96. The number of benzene rings is 1. The molecule has 0 fully saturated rings.